The molecular weight excluding hydrogens is 500 g/mol. The van der Waals surface area contributed by atoms with E-state index in [2.05, 4.69) is 5.32 Å². The second-order valence-electron chi connectivity index (χ2n) is 8.88. The van der Waals surface area contributed by atoms with Gasteiger partial charge in [-0.15, -0.1) is 0 Å². The highest BCUT2D eigenvalue weighted by Crippen LogP contribution is 2.33. The van der Waals surface area contributed by atoms with Crippen LogP contribution in [0.5, 0.6) is 5.75 Å². The van der Waals surface area contributed by atoms with Crippen molar-refractivity contribution in [1.82, 2.24) is 10.2 Å². The summed E-state index contributed by atoms with van der Waals surface area (Å²) in [4.78, 5) is 38.5. The normalized spacial score (nSPS) is 12.8. The molecule has 0 aromatic heterocycles. The first-order chi connectivity index (χ1) is 17.3. The molecule has 0 fully saturated rings. The van der Waals surface area contributed by atoms with Gasteiger partial charge in [0.1, 0.15) is 24.0 Å². The van der Waals surface area contributed by atoms with Crippen molar-refractivity contribution in [2.24, 2.45) is 0 Å². The van der Waals surface area contributed by atoms with Crippen molar-refractivity contribution in [3.8, 4) is 5.75 Å². The number of nitrogens with zero attached hydrogens (tertiary/aromatic N) is 3. The predicted octanol–water partition coefficient (Wildman–Crippen LogP) is 3.01. The number of anilines is 1. The molecule has 0 unspecified atom stereocenters. The number of ether oxygens (including phenoxy) is 1. The zero-order valence-electron chi connectivity index (χ0n) is 21.9. The number of nitro benzene ring substituents is 1. The Morgan fingerprint density at radius 2 is 1.76 bits per heavy atom. The van der Waals surface area contributed by atoms with Crippen LogP contribution in [0.25, 0.3) is 0 Å². The van der Waals surface area contributed by atoms with Crippen LogP contribution < -0.4 is 14.4 Å². The zero-order valence-corrected chi connectivity index (χ0v) is 22.7. The number of aryl methyl sites for hydroxylation is 1. The molecule has 2 amide bonds. The molecule has 11 nitrogen and oxygen atoms in total. The van der Waals surface area contributed by atoms with Crippen LogP contribution in [0.15, 0.2) is 42.5 Å². The lowest BCUT2D eigenvalue weighted by Gasteiger charge is -2.32. The van der Waals surface area contributed by atoms with E-state index in [0.29, 0.717) is 6.42 Å². The van der Waals surface area contributed by atoms with Gasteiger partial charge in [-0.05, 0) is 38.8 Å². The van der Waals surface area contributed by atoms with Crippen molar-refractivity contribution in [2.75, 3.05) is 24.2 Å². The first-order valence-corrected chi connectivity index (χ1v) is 13.6. The van der Waals surface area contributed by atoms with Crippen LogP contribution in [0.3, 0.4) is 0 Å². The third-order valence-corrected chi connectivity index (χ3v) is 7.09. The van der Waals surface area contributed by atoms with E-state index < -0.39 is 33.4 Å². The lowest BCUT2D eigenvalue weighted by atomic mass is 10.1. The molecule has 2 rings (SSSR count). The maximum Gasteiger partial charge on any atom is 0.271 e. The van der Waals surface area contributed by atoms with Gasteiger partial charge in [-0.1, -0.05) is 36.8 Å². The summed E-state index contributed by atoms with van der Waals surface area (Å²) in [5, 5.41) is 14.2. The van der Waals surface area contributed by atoms with Gasteiger partial charge in [-0.3, -0.25) is 24.0 Å². The number of benzene rings is 2. The molecule has 0 aliphatic rings. The minimum atomic E-state index is -4.09. The lowest BCUT2D eigenvalue weighted by molar-refractivity contribution is -0.384. The molecule has 1 N–H and O–H groups in total. The Hall–Kier alpha value is -3.67. The molecule has 0 aliphatic heterocycles. The summed E-state index contributed by atoms with van der Waals surface area (Å²) < 4.78 is 31.5. The molecule has 2 aromatic rings. The molecular formula is C25H34N4O7S. The van der Waals surface area contributed by atoms with Gasteiger partial charge in [0.15, 0.2) is 0 Å². The maximum atomic E-state index is 13.6. The molecule has 12 heteroatoms. The number of nitro groups is 1. The van der Waals surface area contributed by atoms with Crippen molar-refractivity contribution in [2.45, 2.75) is 52.7 Å². The topological polar surface area (TPSA) is 139 Å². The number of non-ortho nitro benzene ring substituents is 1. The van der Waals surface area contributed by atoms with Crippen LogP contribution in [0, 0.1) is 17.0 Å². The summed E-state index contributed by atoms with van der Waals surface area (Å²) in [6.45, 7) is 6.62. The Bertz CT molecular complexity index is 1230. The van der Waals surface area contributed by atoms with Crippen LogP contribution in [0.4, 0.5) is 11.4 Å². The van der Waals surface area contributed by atoms with Crippen molar-refractivity contribution >= 4 is 33.2 Å². The van der Waals surface area contributed by atoms with Crippen LogP contribution in [-0.2, 0) is 26.2 Å². The maximum absolute atomic E-state index is 13.6. The Kier molecular flexibility index (Phi) is 10.0. The number of rotatable bonds is 12. The van der Waals surface area contributed by atoms with Gasteiger partial charge in [0.25, 0.3) is 5.69 Å². The number of hydrogen-bond donors (Lipinski definition) is 1. The average Bonchev–Trinajstić information content (AvgIpc) is 2.85. The first kappa shape index (κ1) is 29.6. The van der Waals surface area contributed by atoms with E-state index in [0.717, 1.165) is 27.8 Å². The smallest absolute Gasteiger partial charge is 0.271 e. The third-order valence-electron chi connectivity index (χ3n) is 5.96. The summed E-state index contributed by atoms with van der Waals surface area (Å²) in [5.41, 5.74) is 1.25. The molecule has 0 saturated heterocycles. The van der Waals surface area contributed by atoms with E-state index in [1.54, 1.807) is 6.92 Å². The van der Waals surface area contributed by atoms with Crippen molar-refractivity contribution in [3.63, 3.8) is 0 Å². The van der Waals surface area contributed by atoms with E-state index in [1.165, 1.54) is 24.1 Å². The number of carbonyl (C=O) groups is 2. The molecule has 0 heterocycles. The van der Waals surface area contributed by atoms with Gasteiger partial charge in [0, 0.05) is 24.7 Å². The van der Waals surface area contributed by atoms with Gasteiger partial charge in [0.05, 0.1) is 18.3 Å². The van der Waals surface area contributed by atoms with Crippen LogP contribution in [-0.4, -0.2) is 62.0 Å². The average molecular weight is 535 g/mol. The first-order valence-electron chi connectivity index (χ1n) is 11.7. The predicted molar refractivity (Wildman–Crippen MR) is 141 cm³/mol. The number of amides is 2. The summed E-state index contributed by atoms with van der Waals surface area (Å²) in [5.74, 6) is -1.00. The monoisotopic (exact) mass is 534 g/mol. The highest BCUT2D eigenvalue weighted by molar-refractivity contribution is 7.92. The lowest BCUT2D eigenvalue weighted by Crippen LogP contribution is -2.52. The van der Waals surface area contributed by atoms with Crippen molar-refractivity contribution in [1.29, 1.82) is 0 Å². The van der Waals surface area contributed by atoms with Crippen LogP contribution in [0.1, 0.15) is 38.3 Å². The molecule has 0 spiro atoms. The van der Waals surface area contributed by atoms with Crippen LogP contribution in [0.2, 0.25) is 0 Å². The molecule has 2 aromatic carbocycles. The molecule has 202 valence electrons. The fourth-order valence-electron chi connectivity index (χ4n) is 3.52. The number of methoxy groups -OCH3 is 1. The highest BCUT2D eigenvalue weighted by Gasteiger charge is 2.32. The standard InChI is InChI=1S/C25H34N4O7S/c1-7-18(3)26-25(31)19(4)27(15-20-10-8-17(2)9-11-20)24(30)16-28(37(6,34)35)22-14-21(29(32)33)12-13-23(22)36-5/h8-14,18-19H,7,15-16H2,1-6H3,(H,26,31)/t18-,19-/m0/s1. The quantitative estimate of drug-likeness (QED) is 0.326. The molecule has 0 aliphatic carbocycles. The van der Waals surface area contributed by atoms with Crippen molar-refractivity contribution < 1.29 is 27.7 Å². The van der Waals surface area contributed by atoms with Crippen molar-refractivity contribution in [3.05, 3.63) is 63.7 Å². The van der Waals surface area contributed by atoms with E-state index >= 15 is 0 Å². The largest absolute Gasteiger partial charge is 0.495 e. The van der Waals surface area contributed by atoms with E-state index in [-0.39, 0.29) is 35.6 Å². The van der Waals surface area contributed by atoms with Gasteiger partial charge < -0.3 is 15.0 Å². The van der Waals surface area contributed by atoms with Gasteiger partial charge in [-0.25, -0.2) is 8.42 Å². The molecule has 37 heavy (non-hydrogen) atoms. The second kappa shape index (κ2) is 12.5. The third kappa shape index (κ3) is 7.91. The fourth-order valence-corrected chi connectivity index (χ4v) is 4.36. The summed E-state index contributed by atoms with van der Waals surface area (Å²) in [6, 6.07) is 9.84. The van der Waals surface area contributed by atoms with Crippen LogP contribution >= 0.6 is 0 Å². The number of nitrogens with one attached hydrogen (secondary N) is 1. The number of carbonyl (C=O) groups excluding carboxylic acids is 2. The second-order valence-corrected chi connectivity index (χ2v) is 10.8. The molecule has 2 atom stereocenters. The Balaban J connectivity index is 2.50. The Morgan fingerprint density at radius 3 is 2.27 bits per heavy atom. The summed E-state index contributed by atoms with van der Waals surface area (Å²) in [7, 11) is -2.80. The van der Waals surface area contributed by atoms with Gasteiger partial charge in [-0.2, -0.15) is 0 Å². The van der Waals surface area contributed by atoms with E-state index in [4.69, 9.17) is 4.74 Å². The molecule has 0 saturated carbocycles. The molecule has 0 radical (unpaired) electrons. The van der Waals surface area contributed by atoms with E-state index in [9.17, 15) is 28.1 Å². The summed E-state index contributed by atoms with van der Waals surface area (Å²) >= 11 is 0. The highest BCUT2D eigenvalue weighted by atomic mass is 32.2. The SMILES string of the molecule is CC[C@H](C)NC(=O)[C@H](C)N(Cc1ccc(C)cc1)C(=O)CN(c1cc([N+](=O)[O-])ccc1OC)S(C)(=O)=O. The molecule has 0 bridgehead atoms. The Morgan fingerprint density at radius 1 is 1.14 bits per heavy atom. The number of hydrogen-bond acceptors (Lipinski definition) is 7. The Labute approximate surface area is 217 Å². The number of sulfonamides is 1. The zero-order chi connectivity index (χ0) is 27.9. The minimum absolute atomic E-state index is 0.0384. The van der Waals surface area contributed by atoms with Gasteiger partial charge >= 0.3 is 0 Å². The summed E-state index contributed by atoms with van der Waals surface area (Å²) in [6.07, 6.45) is 1.58. The minimum Gasteiger partial charge on any atom is -0.495 e. The van der Waals surface area contributed by atoms with E-state index in [1.807, 2.05) is 45.0 Å². The van der Waals surface area contributed by atoms with Gasteiger partial charge in [0.2, 0.25) is 21.8 Å². The fraction of sp³-hybridized carbons (Fsp3) is 0.440.